The topological polar surface area (TPSA) is 15.3 Å². The zero-order chi connectivity index (χ0) is 11.7. The normalized spacial score (nSPS) is 24.8. The van der Waals surface area contributed by atoms with E-state index < -0.39 is 0 Å². The molecule has 1 rings (SSSR count). The second-order valence-corrected chi connectivity index (χ2v) is 6.90. The maximum absolute atomic E-state index is 3.61. The van der Waals surface area contributed by atoms with Gasteiger partial charge in [-0.25, -0.2) is 0 Å². The highest BCUT2D eigenvalue weighted by Gasteiger charge is 2.30. The van der Waals surface area contributed by atoms with Gasteiger partial charge in [-0.3, -0.25) is 4.90 Å². The fourth-order valence-corrected chi connectivity index (χ4v) is 2.06. The molecule has 1 atom stereocenters. The lowest BCUT2D eigenvalue weighted by atomic mass is 10.0. The molecule has 0 aromatic rings. The summed E-state index contributed by atoms with van der Waals surface area (Å²) >= 11 is 0. The fraction of sp³-hybridized carbons (Fsp3) is 1.00. The molecule has 0 bridgehead atoms. The summed E-state index contributed by atoms with van der Waals surface area (Å²) in [5.41, 5.74) is 0.603. The molecule has 90 valence electrons. The van der Waals surface area contributed by atoms with E-state index in [1.165, 1.54) is 19.5 Å². The Labute approximate surface area is 95.4 Å². The smallest absolute Gasteiger partial charge is 0.0125 e. The maximum atomic E-state index is 3.61. The molecular weight excluding hydrogens is 184 g/mol. The minimum atomic E-state index is 0.259. The molecule has 1 heterocycles. The average molecular weight is 212 g/mol. The molecule has 2 nitrogen and oxygen atoms in total. The average Bonchev–Trinajstić information content (AvgIpc) is 2.45. The summed E-state index contributed by atoms with van der Waals surface area (Å²) in [5.74, 6) is 0.837. The molecule has 0 saturated carbocycles. The van der Waals surface area contributed by atoms with Crippen molar-refractivity contribution in [3.8, 4) is 0 Å². The highest BCUT2D eigenvalue weighted by Crippen LogP contribution is 2.24. The van der Waals surface area contributed by atoms with Gasteiger partial charge in [0.1, 0.15) is 0 Å². The van der Waals surface area contributed by atoms with Gasteiger partial charge in [0.2, 0.25) is 0 Å². The van der Waals surface area contributed by atoms with Crippen LogP contribution in [-0.2, 0) is 0 Å². The number of nitrogens with zero attached hydrogens (tertiary/aromatic N) is 1. The largest absolute Gasteiger partial charge is 0.312 e. The molecule has 1 fully saturated rings. The van der Waals surface area contributed by atoms with Crippen molar-refractivity contribution < 1.29 is 0 Å². The predicted molar refractivity (Wildman–Crippen MR) is 67.2 cm³/mol. The molecule has 1 aliphatic heterocycles. The predicted octanol–water partition coefficient (Wildman–Crippen LogP) is 2.49. The van der Waals surface area contributed by atoms with Gasteiger partial charge in [0, 0.05) is 17.6 Å². The summed E-state index contributed by atoms with van der Waals surface area (Å²) in [7, 11) is 0. The zero-order valence-electron chi connectivity index (χ0n) is 11.4. The van der Waals surface area contributed by atoms with E-state index in [4.69, 9.17) is 0 Å². The van der Waals surface area contributed by atoms with E-state index in [-0.39, 0.29) is 5.54 Å². The van der Waals surface area contributed by atoms with Gasteiger partial charge in [-0.1, -0.05) is 0 Å². The quantitative estimate of drug-likeness (QED) is 0.756. The van der Waals surface area contributed by atoms with Crippen molar-refractivity contribution >= 4 is 0 Å². The minimum Gasteiger partial charge on any atom is -0.312 e. The van der Waals surface area contributed by atoms with Crippen LogP contribution in [0.1, 0.15) is 48.0 Å². The van der Waals surface area contributed by atoms with Gasteiger partial charge >= 0.3 is 0 Å². The Balaban J connectivity index is 2.31. The molecule has 2 heteroatoms. The Morgan fingerprint density at radius 1 is 1.13 bits per heavy atom. The maximum Gasteiger partial charge on any atom is 0.0125 e. The summed E-state index contributed by atoms with van der Waals surface area (Å²) in [6, 6.07) is 0. The lowest BCUT2D eigenvalue weighted by Gasteiger charge is -2.32. The van der Waals surface area contributed by atoms with Crippen LogP contribution < -0.4 is 5.32 Å². The first-order chi connectivity index (χ1) is 6.68. The van der Waals surface area contributed by atoms with Gasteiger partial charge in [0.05, 0.1) is 0 Å². The number of nitrogens with one attached hydrogen (secondary N) is 1. The Morgan fingerprint density at radius 3 is 2.13 bits per heavy atom. The molecule has 0 amide bonds. The summed E-state index contributed by atoms with van der Waals surface area (Å²) in [5, 5.41) is 3.61. The number of hydrogen-bond donors (Lipinski definition) is 1. The van der Waals surface area contributed by atoms with Crippen LogP contribution in [0.15, 0.2) is 0 Å². The van der Waals surface area contributed by atoms with E-state index >= 15 is 0 Å². The third-order valence-electron chi connectivity index (χ3n) is 3.16. The number of likely N-dealkylation sites (tertiary alicyclic amines) is 1. The lowest BCUT2D eigenvalue weighted by Crippen LogP contribution is -2.42. The molecule has 15 heavy (non-hydrogen) atoms. The van der Waals surface area contributed by atoms with E-state index in [1.807, 2.05) is 0 Å². The van der Waals surface area contributed by atoms with Gasteiger partial charge in [0.15, 0.2) is 0 Å². The molecule has 0 aliphatic carbocycles. The standard InChI is InChI=1S/C13H28N2/c1-12(2,3)14-9-11-7-8-15(10-11)13(4,5)6/h11,14H,7-10H2,1-6H3/t11-/m1/s1. The highest BCUT2D eigenvalue weighted by atomic mass is 15.2. The molecular formula is C13H28N2. The van der Waals surface area contributed by atoms with Crippen LogP contribution in [0.3, 0.4) is 0 Å². The minimum absolute atomic E-state index is 0.259. The monoisotopic (exact) mass is 212 g/mol. The van der Waals surface area contributed by atoms with Gasteiger partial charge in [-0.2, -0.15) is 0 Å². The fourth-order valence-electron chi connectivity index (χ4n) is 2.06. The van der Waals surface area contributed by atoms with Crippen LogP contribution >= 0.6 is 0 Å². The van der Waals surface area contributed by atoms with Crippen LogP contribution in [-0.4, -0.2) is 35.6 Å². The number of hydrogen-bond acceptors (Lipinski definition) is 2. The van der Waals surface area contributed by atoms with E-state index in [0.29, 0.717) is 5.54 Å². The Morgan fingerprint density at radius 2 is 1.73 bits per heavy atom. The molecule has 0 radical (unpaired) electrons. The third kappa shape index (κ3) is 4.52. The second kappa shape index (κ2) is 4.42. The first-order valence-corrected chi connectivity index (χ1v) is 6.18. The Bertz CT molecular complexity index is 198. The third-order valence-corrected chi connectivity index (χ3v) is 3.16. The zero-order valence-corrected chi connectivity index (χ0v) is 11.4. The molecule has 1 N–H and O–H groups in total. The molecule has 0 spiro atoms. The number of rotatable bonds is 2. The van der Waals surface area contributed by atoms with Gasteiger partial charge in [-0.15, -0.1) is 0 Å². The van der Waals surface area contributed by atoms with Crippen molar-refractivity contribution in [2.24, 2.45) is 5.92 Å². The van der Waals surface area contributed by atoms with Crippen molar-refractivity contribution in [1.82, 2.24) is 10.2 Å². The summed E-state index contributed by atoms with van der Waals surface area (Å²) in [6.45, 7) is 17.3. The van der Waals surface area contributed by atoms with Crippen molar-refractivity contribution in [1.29, 1.82) is 0 Å². The highest BCUT2D eigenvalue weighted by molar-refractivity contribution is 4.86. The Kier molecular flexibility index (Phi) is 3.83. The van der Waals surface area contributed by atoms with Gasteiger partial charge < -0.3 is 5.32 Å². The van der Waals surface area contributed by atoms with Crippen LogP contribution in [0.5, 0.6) is 0 Å². The van der Waals surface area contributed by atoms with Crippen LogP contribution in [0.4, 0.5) is 0 Å². The molecule has 0 aromatic heterocycles. The summed E-state index contributed by atoms with van der Waals surface area (Å²) in [6.07, 6.45) is 1.35. The van der Waals surface area contributed by atoms with Crippen molar-refractivity contribution in [3.63, 3.8) is 0 Å². The molecule has 0 unspecified atom stereocenters. The summed E-state index contributed by atoms with van der Waals surface area (Å²) < 4.78 is 0. The second-order valence-electron chi connectivity index (χ2n) is 6.90. The van der Waals surface area contributed by atoms with E-state index in [9.17, 15) is 0 Å². The van der Waals surface area contributed by atoms with Crippen molar-refractivity contribution in [2.75, 3.05) is 19.6 Å². The first-order valence-electron chi connectivity index (χ1n) is 6.18. The molecule has 1 aliphatic rings. The van der Waals surface area contributed by atoms with Crippen molar-refractivity contribution in [3.05, 3.63) is 0 Å². The van der Waals surface area contributed by atoms with E-state index in [2.05, 4.69) is 51.8 Å². The SMILES string of the molecule is CC(C)(C)NC[C@H]1CCN(C(C)(C)C)C1. The summed E-state index contributed by atoms with van der Waals surface area (Å²) in [4.78, 5) is 2.60. The van der Waals surface area contributed by atoms with Crippen LogP contribution in [0, 0.1) is 5.92 Å². The van der Waals surface area contributed by atoms with Gasteiger partial charge in [0.25, 0.3) is 0 Å². The van der Waals surface area contributed by atoms with Crippen LogP contribution in [0.2, 0.25) is 0 Å². The van der Waals surface area contributed by atoms with Gasteiger partial charge in [-0.05, 0) is 67.0 Å². The lowest BCUT2D eigenvalue weighted by molar-refractivity contribution is 0.167. The van der Waals surface area contributed by atoms with E-state index in [0.717, 1.165) is 12.5 Å². The van der Waals surface area contributed by atoms with E-state index in [1.54, 1.807) is 0 Å². The van der Waals surface area contributed by atoms with Crippen LogP contribution in [0.25, 0.3) is 0 Å². The van der Waals surface area contributed by atoms with Crippen molar-refractivity contribution in [2.45, 2.75) is 59.0 Å². The first kappa shape index (κ1) is 13.0. The Hall–Kier alpha value is -0.0800. The molecule has 0 aromatic carbocycles. The molecule has 1 saturated heterocycles.